The highest BCUT2D eigenvalue weighted by Gasteiger charge is 2.37. The van der Waals surface area contributed by atoms with Crippen LogP contribution < -0.4 is 0 Å². The second kappa shape index (κ2) is 9.40. The third-order valence-electron chi connectivity index (χ3n) is 6.82. The molecular formula is C22H32N2O6S2. The third kappa shape index (κ3) is 5.18. The Balaban J connectivity index is 1.52. The molecule has 3 saturated heterocycles. The summed E-state index contributed by atoms with van der Waals surface area (Å²) < 4.78 is 57.2. The van der Waals surface area contributed by atoms with Crippen LogP contribution in [0.2, 0.25) is 0 Å². The van der Waals surface area contributed by atoms with E-state index in [1.165, 1.54) is 28.6 Å². The molecule has 3 heterocycles. The van der Waals surface area contributed by atoms with E-state index in [0.717, 1.165) is 25.7 Å². The molecule has 0 N–H and O–H groups in total. The predicted octanol–water partition coefficient (Wildman–Crippen LogP) is 1.92. The lowest BCUT2D eigenvalue weighted by molar-refractivity contribution is 0.0441. The standard InChI is InChI=1S/C22H32N2O6S2/c1-17-8-11-23(12-9-17)32(28,29)21-6-4-18(5-7-21)22(25)24(15-20-3-2-13-30-20)19-10-14-31(26,27)16-19/h4-7,17,19-20H,2-3,8-16H2,1H3/t19-,20-/m0/s1. The SMILES string of the molecule is CC1CCN(S(=O)(=O)c2ccc(C(=O)N(C[C@@H]3CCCO3)[C@H]3CCS(=O)(=O)C3)cc2)CC1. The minimum atomic E-state index is -3.59. The Morgan fingerprint density at radius 1 is 1.12 bits per heavy atom. The van der Waals surface area contributed by atoms with Gasteiger partial charge in [0.25, 0.3) is 5.91 Å². The van der Waals surface area contributed by atoms with Gasteiger partial charge in [-0.05, 0) is 62.3 Å². The van der Waals surface area contributed by atoms with Crippen LogP contribution in [-0.2, 0) is 24.6 Å². The molecule has 0 bridgehead atoms. The number of rotatable bonds is 6. The number of piperidine rings is 1. The summed E-state index contributed by atoms with van der Waals surface area (Å²) in [6, 6.07) is 5.66. The Labute approximate surface area is 190 Å². The first-order chi connectivity index (χ1) is 15.2. The van der Waals surface area contributed by atoms with Gasteiger partial charge in [-0.15, -0.1) is 0 Å². The van der Waals surface area contributed by atoms with Crippen molar-refractivity contribution < 1.29 is 26.4 Å². The number of benzene rings is 1. The van der Waals surface area contributed by atoms with Crippen LogP contribution >= 0.6 is 0 Å². The van der Waals surface area contributed by atoms with Crippen LogP contribution in [0.15, 0.2) is 29.2 Å². The topological polar surface area (TPSA) is 101 Å². The fourth-order valence-corrected chi connectivity index (χ4v) is 7.94. The summed E-state index contributed by atoms with van der Waals surface area (Å²) in [6.07, 6.45) is 3.78. The predicted molar refractivity (Wildman–Crippen MR) is 121 cm³/mol. The van der Waals surface area contributed by atoms with E-state index in [1.54, 1.807) is 4.90 Å². The largest absolute Gasteiger partial charge is 0.376 e. The van der Waals surface area contributed by atoms with Crippen LogP contribution in [0.3, 0.4) is 0 Å². The van der Waals surface area contributed by atoms with Crippen LogP contribution in [0.1, 0.15) is 49.4 Å². The fourth-order valence-electron chi connectivity index (χ4n) is 4.74. The van der Waals surface area contributed by atoms with Crippen LogP contribution in [0, 0.1) is 5.92 Å². The summed E-state index contributed by atoms with van der Waals surface area (Å²) in [5.41, 5.74) is 0.360. The number of carbonyl (C=O) groups excluding carboxylic acids is 1. The lowest BCUT2D eigenvalue weighted by Gasteiger charge is -2.31. The van der Waals surface area contributed by atoms with Crippen molar-refractivity contribution in [1.82, 2.24) is 9.21 Å². The van der Waals surface area contributed by atoms with E-state index >= 15 is 0 Å². The summed E-state index contributed by atoms with van der Waals surface area (Å²) in [4.78, 5) is 15.1. The van der Waals surface area contributed by atoms with Gasteiger partial charge in [-0.25, -0.2) is 16.8 Å². The lowest BCUT2D eigenvalue weighted by atomic mass is 10.0. The maximum absolute atomic E-state index is 13.3. The molecule has 178 valence electrons. The number of amides is 1. The van der Waals surface area contributed by atoms with Crippen LogP contribution in [-0.4, -0.2) is 81.8 Å². The zero-order valence-electron chi connectivity index (χ0n) is 18.5. The highest BCUT2D eigenvalue weighted by Crippen LogP contribution is 2.26. The summed E-state index contributed by atoms with van der Waals surface area (Å²) in [7, 11) is -6.74. The molecular weight excluding hydrogens is 452 g/mol. The maximum atomic E-state index is 13.3. The Kier molecular flexibility index (Phi) is 6.95. The van der Waals surface area contributed by atoms with Gasteiger partial charge in [0.2, 0.25) is 10.0 Å². The number of carbonyl (C=O) groups is 1. The molecule has 32 heavy (non-hydrogen) atoms. The van der Waals surface area contributed by atoms with Gasteiger partial charge in [0.05, 0.1) is 22.5 Å². The summed E-state index contributed by atoms with van der Waals surface area (Å²) in [5, 5.41) is 0. The molecule has 0 aliphatic carbocycles. The van der Waals surface area contributed by atoms with E-state index in [-0.39, 0.29) is 34.5 Å². The molecule has 0 radical (unpaired) electrons. The van der Waals surface area contributed by atoms with E-state index in [2.05, 4.69) is 6.92 Å². The number of hydrogen-bond donors (Lipinski definition) is 0. The number of sulfonamides is 1. The van der Waals surface area contributed by atoms with Gasteiger partial charge in [-0.1, -0.05) is 6.92 Å². The summed E-state index contributed by atoms with van der Waals surface area (Å²) in [6.45, 7) is 4.15. The summed E-state index contributed by atoms with van der Waals surface area (Å²) >= 11 is 0. The van der Waals surface area contributed by atoms with Gasteiger partial charge < -0.3 is 9.64 Å². The monoisotopic (exact) mass is 484 g/mol. The van der Waals surface area contributed by atoms with E-state index in [9.17, 15) is 21.6 Å². The van der Waals surface area contributed by atoms with Crippen molar-refractivity contribution in [2.45, 2.75) is 56.1 Å². The third-order valence-corrected chi connectivity index (χ3v) is 10.5. The normalized spacial score (nSPS) is 26.9. The van der Waals surface area contributed by atoms with E-state index in [1.807, 2.05) is 0 Å². The molecule has 1 amide bonds. The zero-order chi connectivity index (χ0) is 22.9. The molecule has 1 aromatic carbocycles. The Hall–Kier alpha value is -1.49. The Bertz CT molecular complexity index is 1020. The quantitative estimate of drug-likeness (QED) is 0.611. The van der Waals surface area contributed by atoms with Gasteiger partial charge in [0, 0.05) is 37.8 Å². The van der Waals surface area contributed by atoms with Crippen molar-refractivity contribution in [2.75, 3.05) is 37.7 Å². The van der Waals surface area contributed by atoms with Gasteiger partial charge in [0.1, 0.15) is 0 Å². The highest BCUT2D eigenvalue weighted by molar-refractivity contribution is 7.91. The van der Waals surface area contributed by atoms with Gasteiger partial charge >= 0.3 is 0 Å². The van der Waals surface area contributed by atoms with Gasteiger partial charge in [-0.3, -0.25) is 4.79 Å². The second-order valence-corrected chi connectivity index (χ2v) is 13.4. The van der Waals surface area contributed by atoms with Gasteiger partial charge in [-0.2, -0.15) is 4.31 Å². The first-order valence-electron chi connectivity index (χ1n) is 11.4. The number of ether oxygens (including phenoxy) is 1. The minimum absolute atomic E-state index is 0.0364. The average Bonchev–Trinajstić information content (AvgIpc) is 3.41. The molecule has 3 aliphatic heterocycles. The fraction of sp³-hybridized carbons (Fsp3) is 0.682. The summed E-state index contributed by atoms with van der Waals surface area (Å²) in [5.74, 6) is 0.290. The van der Waals surface area contributed by atoms with Crippen molar-refractivity contribution in [3.05, 3.63) is 29.8 Å². The van der Waals surface area contributed by atoms with Crippen molar-refractivity contribution in [3.8, 4) is 0 Å². The van der Waals surface area contributed by atoms with Crippen molar-refractivity contribution in [2.24, 2.45) is 5.92 Å². The smallest absolute Gasteiger partial charge is 0.254 e. The van der Waals surface area contributed by atoms with Crippen LogP contribution in [0.5, 0.6) is 0 Å². The molecule has 0 aromatic heterocycles. The van der Waals surface area contributed by atoms with E-state index in [0.29, 0.717) is 44.1 Å². The molecule has 2 atom stereocenters. The number of nitrogens with zero attached hydrogens (tertiary/aromatic N) is 2. The molecule has 4 rings (SSSR count). The minimum Gasteiger partial charge on any atom is -0.376 e. The molecule has 3 aliphatic rings. The first kappa shape index (κ1) is 23.7. The number of hydrogen-bond acceptors (Lipinski definition) is 6. The van der Waals surface area contributed by atoms with Crippen molar-refractivity contribution in [3.63, 3.8) is 0 Å². The molecule has 0 spiro atoms. The lowest BCUT2D eigenvalue weighted by Crippen LogP contribution is -2.45. The maximum Gasteiger partial charge on any atom is 0.254 e. The first-order valence-corrected chi connectivity index (χ1v) is 14.6. The van der Waals surface area contributed by atoms with E-state index in [4.69, 9.17) is 4.74 Å². The van der Waals surface area contributed by atoms with Crippen molar-refractivity contribution in [1.29, 1.82) is 0 Å². The zero-order valence-corrected chi connectivity index (χ0v) is 20.1. The Morgan fingerprint density at radius 3 is 2.38 bits per heavy atom. The number of sulfone groups is 1. The van der Waals surface area contributed by atoms with Crippen molar-refractivity contribution >= 4 is 25.8 Å². The van der Waals surface area contributed by atoms with Crippen LogP contribution in [0.4, 0.5) is 0 Å². The average molecular weight is 485 g/mol. The van der Waals surface area contributed by atoms with E-state index < -0.39 is 19.9 Å². The van der Waals surface area contributed by atoms with Crippen LogP contribution in [0.25, 0.3) is 0 Å². The Morgan fingerprint density at radius 2 is 1.81 bits per heavy atom. The molecule has 3 fully saturated rings. The molecule has 0 saturated carbocycles. The molecule has 1 aromatic rings. The molecule has 0 unspecified atom stereocenters. The highest BCUT2D eigenvalue weighted by atomic mass is 32.2. The molecule has 10 heteroatoms. The van der Waals surface area contributed by atoms with Gasteiger partial charge in [0.15, 0.2) is 9.84 Å². The molecule has 8 nitrogen and oxygen atoms in total. The second-order valence-electron chi connectivity index (χ2n) is 9.26.